The van der Waals surface area contributed by atoms with Gasteiger partial charge >= 0.3 is 5.97 Å². The summed E-state index contributed by atoms with van der Waals surface area (Å²) in [6.45, 7) is 2.86. The molecule has 0 radical (unpaired) electrons. The highest BCUT2D eigenvalue weighted by molar-refractivity contribution is 5.73. The molecule has 0 saturated heterocycles. The Labute approximate surface area is 110 Å². The molecule has 4 heteroatoms. The van der Waals surface area contributed by atoms with Crippen molar-refractivity contribution in [1.82, 2.24) is 5.32 Å². The summed E-state index contributed by atoms with van der Waals surface area (Å²) in [5.74, 6) is -0.771. The van der Waals surface area contributed by atoms with Crippen molar-refractivity contribution in [2.75, 3.05) is 13.2 Å². The van der Waals surface area contributed by atoms with Gasteiger partial charge in [0.1, 0.15) is 6.04 Å². The number of aliphatic hydroxyl groups excluding tert-OH is 1. The zero-order chi connectivity index (χ0) is 13.4. The summed E-state index contributed by atoms with van der Waals surface area (Å²) >= 11 is 0. The lowest BCUT2D eigenvalue weighted by atomic mass is 9.74. The Balaban J connectivity index is 2.45. The highest BCUT2D eigenvalue weighted by atomic mass is 16.4. The molecule has 1 saturated carbocycles. The third-order valence-electron chi connectivity index (χ3n) is 4.12. The smallest absolute Gasteiger partial charge is 0.320 e. The number of aliphatic carboxylic acids is 1. The number of nitrogens with one attached hydrogen (secondary N) is 1. The predicted molar refractivity (Wildman–Crippen MR) is 71.6 cm³/mol. The van der Waals surface area contributed by atoms with E-state index in [1.165, 1.54) is 6.42 Å². The van der Waals surface area contributed by atoms with E-state index < -0.39 is 12.0 Å². The Bertz CT molecular complexity index is 249. The normalized spacial score (nSPS) is 20.6. The largest absolute Gasteiger partial charge is 0.480 e. The standard InChI is InChI=1S/C14H27NO3/c1-2-3-7-12(13(17)18)15-10-14(11-16)8-5-4-6-9-14/h12,15-16H,2-11H2,1H3,(H,17,18). The fraction of sp³-hybridized carbons (Fsp3) is 0.929. The first-order chi connectivity index (χ1) is 8.63. The lowest BCUT2D eigenvalue weighted by molar-refractivity contribution is -0.139. The van der Waals surface area contributed by atoms with Crippen LogP contribution in [0.1, 0.15) is 58.3 Å². The fourth-order valence-corrected chi connectivity index (χ4v) is 2.75. The van der Waals surface area contributed by atoms with Gasteiger partial charge in [0.25, 0.3) is 0 Å². The third-order valence-corrected chi connectivity index (χ3v) is 4.12. The maximum atomic E-state index is 11.1. The minimum atomic E-state index is -0.771. The van der Waals surface area contributed by atoms with Crippen LogP contribution in [0.3, 0.4) is 0 Å². The van der Waals surface area contributed by atoms with Crippen LogP contribution < -0.4 is 5.32 Å². The number of carbonyl (C=O) groups is 1. The third kappa shape index (κ3) is 4.58. The Morgan fingerprint density at radius 3 is 2.50 bits per heavy atom. The zero-order valence-corrected chi connectivity index (χ0v) is 11.5. The molecule has 0 aromatic heterocycles. The molecule has 0 bridgehead atoms. The Morgan fingerprint density at radius 2 is 2.00 bits per heavy atom. The topological polar surface area (TPSA) is 69.6 Å². The highest BCUT2D eigenvalue weighted by Crippen LogP contribution is 2.35. The van der Waals surface area contributed by atoms with Crippen LogP contribution in [0.15, 0.2) is 0 Å². The van der Waals surface area contributed by atoms with Crippen molar-refractivity contribution < 1.29 is 15.0 Å². The van der Waals surface area contributed by atoms with E-state index in [0.717, 1.165) is 38.5 Å². The van der Waals surface area contributed by atoms with E-state index in [0.29, 0.717) is 13.0 Å². The second-order valence-corrected chi connectivity index (χ2v) is 5.63. The van der Waals surface area contributed by atoms with Gasteiger partial charge in [0.05, 0.1) is 0 Å². The molecule has 0 spiro atoms. The van der Waals surface area contributed by atoms with Crippen LogP contribution in [0.25, 0.3) is 0 Å². The van der Waals surface area contributed by atoms with Crippen molar-refractivity contribution >= 4 is 5.97 Å². The first-order valence-corrected chi connectivity index (χ1v) is 7.20. The van der Waals surface area contributed by atoms with Crippen LogP contribution in [-0.2, 0) is 4.79 Å². The molecule has 18 heavy (non-hydrogen) atoms. The van der Waals surface area contributed by atoms with Crippen LogP contribution in [0.2, 0.25) is 0 Å². The van der Waals surface area contributed by atoms with Crippen molar-refractivity contribution in [3.63, 3.8) is 0 Å². The summed E-state index contributed by atoms with van der Waals surface area (Å²) in [7, 11) is 0. The average Bonchev–Trinajstić information content (AvgIpc) is 2.39. The number of aliphatic hydroxyl groups is 1. The second-order valence-electron chi connectivity index (χ2n) is 5.63. The number of rotatable bonds is 8. The van der Waals surface area contributed by atoms with E-state index in [9.17, 15) is 9.90 Å². The molecule has 3 N–H and O–H groups in total. The molecule has 1 unspecified atom stereocenters. The number of carboxylic acid groups (broad SMARTS) is 1. The SMILES string of the molecule is CCCCC(NCC1(CO)CCCCC1)C(=O)O. The van der Waals surface area contributed by atoms with Crippen molar-refractivity contribution in [3.05, 3.63) is 0 Å². The predicted octanol–water partition coefficient (Wildman–Crippen LogP) is 2.16. The van der Waals surface area contributed by atoms with Crippen LogP contribution in [0, 0.1) is 5.41 Å². The first kappa shape index (κ1) is 15.4. The van der Waals surface area contributed by atoms with E-state index in [1.54, 1.807) is 0 Å². The minimum Gasteiger partial charge on any atom is -0.480 e. The molecule has 106 valence electrons. The van der Waals surface area contributed by atoms with Crippen molar-refractivity contribution in [1.29, 1.82) is 0 Å². The van der Waals surface area contributed by atoms with Crippen LogP contribution in [-0.4, -0.2) is 35.4 Å². The summed E-state index contributed by atoms with van der Waals surface area (Å²) in [5, 5.41) is 21.9. The molecule has 1 aliphatic carbocycles. The minimum absolute atomic E-state index is 0.0852. The van der Waals surface area contributed by atoms with Crippen LogP contribution in [0.5, 0.6) is 0 Å². The summed E-state index contributed by atoms with van der Waals surface area (Å²) in [4.78, 5) is 11.1. The lowest BCUT2D eigenvalue weighted by Gasteiger charge is -2.36. The van der Waals surface area contributed by atoms with E-state index in [-0.39, 0.29) is 12.0 Å². The molecule has 1 fully saturated rings. The molecule has 0 heterocycles. The molecule has 1 rings (SSSR count). The summed E-state index contributed by atoms with van der Waals surface area (Å²) in [5.41, 5.74) is -0.0852. The number of hydrogen-bond donors (Lipinski definition) is 3. The molecule has 1 aliphatic rings. The van der Waals surface area contributed by atoms with Crippen molar-refractivity contribution in [2.24, 2.45) is 5.41 Å². The van der Waals surface area contributed by atoms with Crippen molar-refractivity contribution in [3.8, 4) is 0 Å². The van der Waals surface area contributed by atoms with Gasteiger partial charge in [-0.15, -0.1) is 0 Å². The van der Waals surface area contributed by atoms with Gasteiger partial charge < -0.3 is 15.5 Å². The number of hydrogen-bond acceptors (Lipinski definition) is 3. The highest BCUT2D eigenvalue weighted by Gasteiger charge is 2.32. The average molecular weight is 257 g/mol. The summed E-state index contributed by atoms with van der Waals surface area (Å²) in [6.07, 6.45) is 8.16. The Hall–Kier alpha value is -0.610. The van der Waals surface area contributed by atoms with Gasteiger partial charge in [-0.2, -0.15) is 0 Å². The zero-order valence-electron chi connectivity index (χ0n) is 11.5. The Morgan fingerprint density at radius 1 is 1.33 bits per heavy atom. The van der Waals surface area contributed by atoms with E-state index in [4.69, 9.17) is 5.11 Å². The van der Waals surface area contributed by atoms with E-state index in [1.807, 2.05) is 0 Å². The van der Waals surface area contributed by atoms with Crippen LogP contribution >= 0.6 is 0 Å². The molecule has 1 atom stereocenters. The van der Waals surface area contributed by atoms with Crippen molar-refractivity contribution in [2.45, 2.75) is 64.3 Å². The van der Waals surface area contributed by atoms with E-state index in [2.05, 4.69) is 12.2 Å². The van der Waals surface area contributed by atoms with Gasteiger partial charge in [0, 0.05) is 18.6 Å². The molecular weight excluding hydrogens is 230 g/mol. The first-order valence-electron chi connectivity index (χ1n) is 7.20. The van der Waals surface area contributed by atoms with Gasteiger partial charge in [-0.25, -0.2) is 0 Å². The van der Waals surface area contributed by atoms with Gasteiger partial charge in [-0.1, -0.05) is 39.0 Å². The molecule has 0 aromatic rings. The number of unbranched alkanes of at least 4 members (excludes halogenated alkanes) is 1. The van der Waals surface area contributed by atoms with Crippen LogP contribution in [0.4, 0.5) is 0 Å². The molecule has 0 aromatic carbocycles. The quantitative estimate of drug-likeness (QED) is 0.623. The lowest BCUT2D eigenvalue weighted by Crippen LogP contribution is -2.46. The fourth-order valence-electron chi connectivity index (χ4n) is 2.75. The monoisotopic (exact) mass is 257 g/mol. The molecular formula is C14H27NO3. The molecule has 0 amide bonds. The van der Waals surface area contributed by atoms with Gasteiger partial charge in [0.2, 0.25) is 0 Å². The summed E-state index contributed by atoms with van der Waals surface area (Å²) < 4.78 is 0. The van der Waals surface area contributed by atoms with Gasteiger partial charge in [0.15, 0.2) is 0 Å². The second kappa shape index (κ2) is 7.74. The molecule has 4 nitrogen and oxygen atoms in total. The van der Waals surface area contributed by atoms with Gasteiger partial charge in [-0.05, 0) is 19.3 Å². The number of carboxylic acids is 1. The maximum Gasteiger partial charge on any atom is 0.320 e. The molecule has 0 aliphatic heterocycles. The Kier molecular flexibility index (Phi) is 6.65. The summed E-state index contributed by atoms with van der Waals surface area (Å²) in [6, 6.07) is -0.463. The maximum absolute atomic E-state index is 11.1. The van der Waals surface area contributed by atoms with E-state index >= 15 is 0 Å². The van der Waals surface area contributed by atoms with Gasteiger partial charge in [-0.3, -0.25) is 4.79 Å².